The SMILES string of the molecule is CCC(Nc1nc2ccccc2nc1C)c1nccs1. The van der Waals surface area contributed by atoms with Gasteiger partial charge in [0.25, 0.3) is 0 Å². The quantitative estimate of drug-likeness (QED) is 0.788. The summed E-state index contributed by atoms with van der Waals surface area (Å²) < 4.78 is 0. The minimum absolute atomic E-state index is 0.184. The summed E-state index contributed by atoms with van der Waals surface area (Å²) in [7, 11) is 0. The second-order valence-electron chi connectivity index (χ2n) is 4.62. The lowest BCUT2D eigenvalue weighted by molar-refractivity contribution is 0.736. The predicted octanol–water partition coefficient (Wildman–Crippen LogP) is 3.96. The molecular formula is C15H16N4S. The molecule has 2 aromatic heterocycles. The summed E-state index contributed by atoms with van der Waals surface area (Å²) in [6, 6.07) is 8.11. The van der Waals surface area contributed by atoms with Crippen LogP contribution in [0.2, 0.25) is 0 Å². The summed E-state index contributed by atoms with van der Waals surface area (Å²) in [4.78, 5) is 13.7. The number of hydrogen-bond donors (Lipinski definition) is 1. The Morgan fingerprint density at radius 1 is 1.20 bits per heavy atom. The van der Waals surface area contributed by atoms with Gasteiger partial charge >= 0.3 is 0 Å². The van der Waals surface area contributed by atoms with E-state index < -0.39 is 0 Å². The summed E-state index contributed by atoms with van der Waals surface area (Å²) >= 11 is 1.66. The first-order chi connectivity index (χ1) is 9.78. The number of nitrogens with zero attached hydrogens (tertiary/aromatic N) is 3. The van der Waals surface area contributed by atoms with E-state index in [4.69, 9.17) is 0 Å². The highest BCUT2D eigenvalue weighted by atomic mass is 32.1. The first-order valence-electron chi connectivity index (χ1n) is 6.67. The van der Waals surface area contributed by atoms with E-state index in [2.05, 4.69) is 27.2 Å². The Morgan fingerprint density at radius 3 is 2.60 bits per heavy atom. The van der Waals surface area contributed by atoms with Gasteiger partial charge in [0, 0.05) is 11.6 Å². The molecule has 1 unspecified atom stereocenters. The molecular weight excluding hydrogens is 268 g/mol. The second-order valence-corrected chi connectivity index (χ2v) is 5.55. The van der Waals surface area contributed by atoms with Gasteiger partial charge in [-0.3, -0.25) is 0 Å². The molecule has 1 N–H and O–H groups in total. The van der Waals surface area contributed by atoms with Gasteiger partial charge in [0.1, 0.15) is 10.8 Å². The third-order valence-electron chi connectivity index (χ3n) is 3.21. The number of aryl methyl sites for hydroxylation is 1. The summed E-state index contributed by atoms with van der Waals surface area (Å²) in [5, 5.41) is 6.55. The molecule has 20 heavy (non-hydrogen) atoms. The van der Waals surface area contributed by atoms with Crippen molar-refractivity contribution in [1.82, 2.24) is 15.0 Å². The number of aromatic nitrogens is 3. The van der Waals surface area contributed by atoms with E-state index in [1.807, 2.05) is 42.8 Å². The zero-order chi connectivity index (χ0) is 13.9. The third kappa shape index (κ3) is 2.49. The van der Waals surface area contributed by atoms with Crippen LogP contribution in [0, 0.1) is 6.92 Å². The van der Waals surface area contributed by atoms with E-state index in [1.54, 1.807) is 11.3 Å². The van der Waals surface area contributed by atoms with Crippen LogP contribution in [0.25, 0.3) is 11.0 Å². The fourth-order valence-electron chi connectivity index (χ4n) is 2.13. The highest BCUT2D eigenvalue weighted by Gasteiger charge is 2.14. The second kappa shape index (κ2) is 5.54. The van der Waals surface area contributed by atoms with E-state index in [0.29, 0.717) is 0 Å². The number of thiazole rings is 1. The molecule has 0 radical (unpaired) electrons. The number of para-hydroxylation sites is 2. The highest BCUT2D eigenvalue weighted by molar-refractivity contribution is 7.09. The number of hydrogen-bond acceptors (Lipinski definition) is 5. The maximum atomic E-state index is 4.68. The summed E-state index contributed by atoms with van der Waals surface area (Å²) in [5.74, 6) is 0.839. The van der Waals surface area contributed by atoms with Crippen molar-refractivity contribution in [2.24, 2.45) is 0 Å². The van der Waals surface area contributed by atoms with Crippen LogP contribution < -0.4 is 5.32 Å². The van der Waals surface area contributed by atoms with Crippen LogP contribution in [0.4, 0.5) is 5.82 Å². The van der Waals surface area contributed by atoms with E-state index in [0.717, 1.165) is 34.0 Å². The minimum Gasteiger partial charge on any atom is -0.359 e. The molecule has 3 aromatic rings. The maximum absolute atomic E-state index is 4.68. The van der Waals surface area contributed by atoms with E-state index in [1.165, 1.54) is 0 Å². The smallest absolute Gasteiger partial charge is 0.148 e. The largest absolute Gasteiger partial charge is 0.359 e. The van der Waals surface area contributed by atoms with Crippen molar-refractivity contribution in [3.8, 4) is 0 Å². The zero-order valence-electron chi connectivity index (χ0n) is 11.5. The van der Waals surface area contributed by atoms with Gasteiger partial charge < -0.3 is 5.32 Å². The fourth-order valence-corrected chi connectivity index (χ4v) is 2.91. The van der Waals surface area contributed by atoms with Crippen molar-refractivity contribution in [3.05, 3.63) is 46.5 Å². The zero-order valence-corrected chi connectivity index (χ0v) is 12.3. The lowest BCUT2D eigenvalue weighted by Crippen LogP contribution is -2.12. The first kappa shape index (κ1) is 13.0. The molecule has 0 saturated carbocycles. The first-order valence-corrected chi connectivity index (χ1v) is 7.55. The standard InChI is InChI=1S/C15H16N4S/c1-3-11(15-16-8-9-20-15)18-14-10(2)17-12-6-4-5-7-13(12)19-14/h4-9,11H,3H2,1-2H3,(H,18,19). The summed E-state index contributed by atoms with van der Waals surface area (Å²) in [6.45, 7) is 4.12. The molecule has 0 aliphatic carbocycles. The molecule has 2 heterocycles. The molecule has 0 saturated heterocycles. The van der Waals surface area contributed by atoms with Crippen molar-refractivity contribution in [2.75, 3.05) is 5.32 Å². The number of anilines is 1. The number of rotatable bonds is 4. The van der Waals surface area contributed by atoms with Crippen molar-refractivity contribution in [2.45, 2.75) is 26.3 Å². The molecule has 3 rings (SSSR count). The van der Waals surface area contributed by atoms with Gasteiger partial charge in [-0.15, -0.1) is 11.3 Å². The number of fused-ring (bicyclic) bond motifs is 1. The Morgan fingerprint density at radius 2 is 1.95 bits per heavy atom. The lowest BCUT2D eigenvalue weighted by Gasteiger charge is -2.16. The molecule has 0 fully saturated rings. The summed E-state index contributed by atoms with van der Waals surface area (Å²) in [5.41, 5.74) is 2.76. The predicted molar refractivity (Wildman–Crippen MR) is 83.0 cm³/mol. The van der Waals surface area contributed by atoms with Crippen molar-refractivity contribution < 1.29 is 0 Å². The van der Waals surface area contributed by atoms with Crippen LogP contribution in [0.1, 0.15) is 30.1 Å². The molecule has 0 amide bonds. The number of nitrogens with one attached hydrogen (secondary N) is 1. The van der Waals surface area contributed by atoms with E-state index in [9.17, 15) is 0 Å². The van der Waals surface area contributed by atoms with Crippen molar-refractivity contribution in [1.29, 1.82) is 0 Å². The van der Waals surface area contributed by atoms with Crippen molar-refractivity contribution in [3.63, 3.8) is 0 Å². The van der Waals surface area contributed by atoms with Gasteiger partial charge in [0.15, 0.2) is 0 Å². The van der Waals surface area contributed by atoms with E-state index >= 15 is 0 Å². The van der Waals surface area contributed by atoms with Crippen LogP contribution in [0.5, 0.6) is 0 Å². The Hall–Kier alpha value is -2.01. The molecule has 0 spiro atoms. The average Bonchev–Trinajstić information content (AvgIpc) is 2.99. The van der Waals surface area contributed by atoms with E-state index in [-0.39, 0.29) is 6.04 Å². The van der Waals surface area contributed by atoms with Gasteiger partial charge in [-0.05, 0) is 25.5 Å². The van der Waals surface area contributed by atoms with Crippen LogP contribution in [-0.2, 0) is 0 Å². The topological polar surface area (TPSA) is 50.7 Å². The fraction of sp³-hybridized carbons (Fsp3) is 0.267. The Bertz CT molecular complexity index is 709. The lowest BCUT2D eigenvalue weighted by atomic mass is 10.2. The van der Waals surface area contributed by atoms with Gasteiger partial charge in [-0.2, -0.15) is 0 Å². The molecule has 1 aromatic carbocycles. The minimum atomic E-state index is 0.184. The normalized spacial score (nSPS) is 12.5. The molecule has 102 valence electrons. The van der Waals surface area contributed by atoms with Gasteiger partial charge in [-0.25, -0.2) is 15.0 Å². The Kier molecular flexibility index (Phi) is 3.60. The maximum Gasteiger partial charge on any atom is 0.148 e. The van der Waals surface area contributed by atoms with Crippen molar-refractivity contribution >= 4 is 28.2 Å². The molecule has 1 atom stereocenters. The van der Waals surface area contributed by atoms with Crippen LogP contribution in [0.15, 0.2) is 35.8 Å². The Balaban J connectivity index is 1.95. The van der Waals surface area contributed by atoms with Gasteiger partial charge in [0.2, 0.25) is 0 Å². The Labute approximate surface area is 121 Å². The molecule has 5 heteroatoms. The van der Waals surface area contributed by atoms with Crippen LogP contribution in [-0.4, -0.2) is 15.0 Å². The average molecular weight is 284 g/mol. The summed E-state index contributed by atoms with van der Waals surface area (Å²) in [6.07, 6.45) is 2.80. The van der Waals surface area contributed by atoms with Gasteiger partial charge in [-0.1, -0.05) is 19.1 Å². The van der Waals surface area contributed by atoms with Crippen LogP contribution >= 0.6 is 11.3 Å². The monoisotopic (exact) mass is 284 g/mol. The molecule has 4 nitrogen and oxygen atoms in total. The van der Waals surface area contributed by atoms with Crippen LogP contribution in [0.3, 0.4) is 0 Å². The number of benzene rings is 1. The molecule has 0 bridgehead atoms. The van der Waals surface area contributed by atoms with Gasteiger partial charge in [0.05, 0.1) is 22.8 Å². The highest BCUT2D eigenvalue weighted by Crippen LogP contribution is 2.25. The molecule has 0 aliphatic heterocycles. The third-order valence-corrected chi connectivity index (χ3v) is 4.10. The molecule has 0 aliphatic rings.